The minimum absolute atomic E-state index is 0.0836. The van der Waals surface area contributed by atoms with Crippen LogP contribution in [0.15, 0.2) is 42.6 Å². The average molecular weight is 291 g/mol. The average Bonchev–Trinajstić information content (AvgIpc) is 2.52. The lowest BCUT2D eigenvalue weighted by atomic mass is 9.81. The highest BCUT2D eigenvalue weighted by atomic mass is 16.1. The molecule has 0 fully saturated rings. The molecule has 1 aliphatic rings. The number of carbonyl (C=O) groups excluding carboxylic acids is 1. The van der Waals surface area contributed by atoms with Crippen LogP contribution in [-0.4, -0.2) is 10.8 Å². The Hall–Kier alpha value is -2.22. The SMILES string of the molecule is CCCc1ccccc1CC1C(=O)C=Cc2cnc(C)cc21. The monoisotopic (exact) mass is 291 g/mol. The lowest BCUT2D eigenvalue weighted by Crippen LogP contribution is -2.18. The molecule has 22 heavy (non-hydrogen) atoms. The number of benzene rings is 1. The van der Waals surface area contributed by atoms with Gasteiger partial charge in [0.2, 0.25) is 0 Å². The van der Waals surface area contributed by atoms with E-state index in [1.807, 2.05) is 19.2 Å². The van der Waals surface area contributed by atoms with Crippen molar-refractivity contribution in [3.63, 3.8) is 0 Å². The Kier molecular flexibility index (Phi) is 4.19. The standard InChI is InChI=1S/C20H21NO/c1-3-6-15-7-4-5-8-16(15)12-19-18-11-14(2)21-13-17(18)9-10-20(19)22/h4-5,7-11,13,19H,3,6,12H2,1-2H3. The summed E-state index contributed by atoms with van der Waals surface area (Å²) in [5.74, 6) is 0.115. The summed E-state index contributed by atoms with van der Waals surface area (Å²) in [5, 5.41) is 0. The molecule has 0 saturated carbocycles. The van der Waals surface area contributed by atoms with Gasteiger partial charge in [0.25, 0.3) is 0 Å². The molecule has 0 bridgehead atoms. The van der Waals surface area contributed by atoms with Gasteiger partial charge in [-0.25, -0.2) is 0 Å². The van der Waals surface area contributed by atoms with Gasteiger partial charge in [-0.1, -0.05) is 37.6 Å². The maximum Gasteiger partial charge on any atom is 0.163 e. The van der Waals surface area contributed by atoms with E-state index in [2.05, 4.69) is 42.2 Å². The third kappa shape index (κ3) is 2.87. The molecule has 3 rings (SSSR count). The van der Waals surface area contributed by atoms with E-state index >= 15 is 0 Å². The third-order valence-corrected chi connectivity index (χ3v) is 4.31. The Morgan fingerprint density at radius 1 is 1.14 bits per heavy atom. The fourth-order valence-electron chi connectivity index (χ4n) is 3.17. The minimum atomic E-state index is -0.0836. The molecule has 2 nitrogen and oxygen atoms in total. The van der Waals surface area contributed by atoms with Gasteiger partial charge in [-0.15, -0.1) is 0 Å². The molecule has 1 unspecified atom stereocenters. The molecular formula is C20H21NO. The second-order valence-corrected chi connectivity index (χ2v) is 5.97. The molecule has 1 aromatic carbocycles. The van der Waals surface area contributed by atoms with Crippen LogP contribution in [-0.2, 0) is 17.6 Å². The highest BCUT2D eigenvalue weighted by Crippen LogP contribution is 2.31. The number of carbonyl (C=O) groups is 1. The van der Waals surface area contributed by atoms with Crippen LogP contribution in [0.1, 0.15) is 47.2 Å². The molecule has 1 aromatic heterocycles. The lowest BCUT2D eigenvalue weighted by Gasteiger charge is -2.22. The molecule has 1 atom stereocenters. The first-order valence-electron chi connectivity index (χ1n) is 7.94. The lowest BCUT2D eigenvalue weighted by molar-refractivity contribution is -0.116. The van der Waals surface area contributed by atoms with Crippen molar-refractivity contribution in [2.45, 2.75) is 39.0 Å². The topological polar surface area (TPSA) is 30.0 Å². The van der Waals surface area contributed by atoms with E-state index in [1.165, 1.54) is 11.1 Å². The van der Waals surface area contributed by atoms with E-state index < -0.39 is 0 Å². The van der Waals surface area contributed by atoms with Crippen molar-refractivity contribution in [3.05, 3.63) is 70.6 Å². The molecule has 112 valence electrons. The second kappa shape index (κ2) is 6.27. The Labute approximate surface area is 131 Å². The summed E-state index contributed by atoms with van der Waals surface area (Å²) < 4.78 is 0. The summed E-state index contributed by atoms with van der Waals surface area (Å²) in [4.78, 5) is 16.8. The molecule has 0 radical (unpaired) electrons. The number of aryl methyl sites for hydroxylation is 2. The van der Waals surface area contributed by atoms with Crippen LogP contribution in [0.5, 0.6) is 0 Å². The van der Waals surface area contributed by atoms with Gasteiger partial charge in [-0.2, -0.15) is 0 Å². The largest absolute Gasteiger partial charge is 0.294 e. The Morgan fingerprint density at radius 3 is 2.68 bits per heavy atom. The van der Waals surface area contributed by atoms with Crippen LogP contribution in [0.2, 0.25) is 0 Å². The summed E-state index contributed by atoms with van der Waals surface area (Å²) in [6, 6.07) is 10.5. The van der Waals surface area contributed by atoms with Gasteiger partial charge < -0.3 is 0 Å². The first-order valence-corrected chi connectivity index (χ1v) is 7.94. The summed E-state index contributed by atoms with van der Waals surface area (Å²) in [6.07, 6.45) is 8.42. The van der Waals surface area contributed by atoms with E-state index in [1.54, 1.807) is 6.08 Å². The van der Waals surface area contributed by atoms with Gasteiger partial charge in [0.05, 0.1) is 5.92 Å². The summed E-state index contributed by atoms with van der Waals surface area (Å²) in [6.45, 7) is 4.17. The zero-order valence-corrected chi connectivity index (χ0v) is 13.2. The smallest absolute Gasteiger partial charge is 0.163 e. The van der Waals surface area contributed by atoms with E-state index in [9.17, 15) is 4.79 Å². The molecule has 0 N–H and O–H groups in total. The maximum atomic E-state index is 12.4. The first kappa shape index (κ1) is 14.7. The van der Waals surface area contributed by atoms with Crippen LogP contribution in [0.3, 0.4) is 0 Å². The zero-order valence-electron chi connectivity index (χ0n) is 13.2. The predicted octanol–water partition coefficient (Wildman–Crippen LogP) is 4.26. The number of aromatic nitrogens is 1. The fraction of sp³-hybridized carbons (Fsp3) is 0.300. The number of rotatable bonds is 4. The van der Waals surface area contributed by atoms with Crippen molar-refractivity contribution < 1.29 is 4.79 Å². The van der Waals surface area contributed by atoms with Crippen LogP contribution >= 0.6 is 0 Å². The van der Waals surface area contributed by atoms with Gasteiger partial charge >= 0.3 is 0 Å². The highest BCUT2D eigenvalue weighted by molar-refractivity contribution is 6.02. The van der Waals surface area contributed by atoms with Crippen molar-refractivity contribution in [1.29, 1.82) is 0 Å². The van der Waals surface area contributed by atoms with E-state index in [0.29, 0.717) is 0 Å². The van der Waals surface area contributed by atoms with Gasteiger partial charge in [0, 0.05) is 11.9 Å². The molecule has 0 saturated heterocycles. The first-order chi connectivity index (χ1) is 10.7. The number of hydrogen-bond acceptors (Lipinski definition) is 2. The number of hydrogen-bond donors (Lipinski definition) is 0. The molecule has 1 heterocycles. The van der Waals surface area contributed by atoms with Crippen LogP contribution in [0.4, 0.5) is 0 Å². The number of fused-ring (bicyclic) bond motifs is 1. The second-order valence-electron chi connectivity index (χ2n) is 5.97. The minimum Gasteiger partial charge on any atom is -0.294 e. The maximum absolute atomic E-state index is 12.4. The van der Waals surface area contributed by atoms with E-state index in [-0.39, 0.29) is 11.7 Å². The Balaban J connectivity index is 1.97. The third-order valence-electron chi connectivity index (χ3n) is 4.31. The number of pyridine rings is 1. The van der Waals surface area contributed by atoms with Crippen LogP contribution in [0.25, 0.3) is 6.08 Å². The van der Waals surface area contributed by atoms with Crippen LogP contribution in [0, 0.1) is 6.92 Å². The van der Waals surface area contributed by atoms with Gasteiger partial charge in [0.1, 0.15) is 0 Å². The fourth-order valence-corrected chi connectivity index (χ4v) is 3.17. The molecule has 2 aromatic rings. The van der Waals surface area contributed by atoms with Crippen molar-refractivity contribution in [2.24, 2.45) is 0 Å². The van der Waals surface area contributed by atoms with E-state index in [0.717, 1.165) is 36.1 Å². The quantitative estimate of drug-likeness (QED) is 0.842. The Bertz CT molecular complexity index is 730. The number of ketones is 1. The highest BCUT2D eigenvalue weighted by Gasteiger charge is 2.25. The van der Waals surface area contributed by atoms with Crippen molar-refractivity contribution >= 4 is 11.9 Å². The molecule has 0 spiro atoms. The van der Waals surface area contributed by atoms with Gasteiger partial charge in [0.15, 0.2) is 5.78 Å². The van der Waals surface area contributed by atoms with Crippen molar-refractivity contribution in [3.8, 4) is 0 Å². The van der Waals surface area contributed by atoms with E-state index in [4.69, 9.17) is 0 Å². The van der Waals surface area contributed by atoms with Crippen molar-refractivity contribution in [2.75, 3.05) is 0 Å². The molecule has 2 heteroatoms. The van der Waals surface area contributed by atoms with Crippen LogP contribution < -0.4 is 0 Å². The number of nitrogens with zero attached hydrogens (tertiary/aromatic N) is 1. The molecule has 1 aliphatic carbocycles. The summed E-state index contributed by atoms with van der Waals surface area (Å²) >= 11 is 0. The molecular weight excluding hydrogens is 270 g/mol. The molecule has 0 aliphatic heterocycles. The predicted molar refractivity (Wildman–Crippen MR) is 89.9 cm³/mol. The molecule has 0 amide bonds. The summed E-state index contributed by atoms with van der Waals surface area (Å²) in [5.41, 5.74) is 5.81. The van der Waals surface area contributed by atoms with Gasteiger partial charge in [-0.3, -0.25) is 9.78 Å². The van der Waals surface area contributed by atoms with Crippen molar-refractivity contribution in [1.82, 2.24) is 4.98 Å². The number of allylic oxidation sites excluding steroid dienone is 1. The zero-order chi connectivity index (χ0) is 15.5. The Morgan fingerprint density at radius 2 is 1.91 bits per heavy atom. The normalized spacial score (nSPS) is 16.6. The summed E-state index contributed by atoms with van der Waals surface area (Å²) in [7, 11) is 0. The van der Waals surface area contributed by atoms with Gasteiger partial charge in [-0.05, 0) is 60.2 Å².